The molecule has 6 heteroatoms. The van der Waals surface area contributed by atoms with Crippen molar-refractivity contribution in [2.45, 2.75) is 20.1 Å². The summed E-state index contributed by atoms with van der Waals surface area (Å²) in [5, 5.41) is 4.91. The third-order valence-corrected chi connectivity index (χ3v) is 2.55. The Morgan fingerprint density at radius 1 is 1.50 bits per heavy atom. The van der Waals surface area contributed by atoms with E-state index in [4.69, 9.17) is 9.47 Å². The molecule has 0 bridgehead atoms. The summed E-state index contributed by atoms with van der Waals surface area (Å²) in [5.74, 6) is 0.927. The smallest absolute Gasteiger partial charge is 0.176 e. The van der Waals surface area contributed by atoms with Crippen LogP contribution in [0.3, 0.4) is 0 Å². The predicted octanol–water partition coefficient (Wildman–Crippen LogP) is -0.271. The number of hydrazine groups is 2. The van der Waals surface area contributed by atoms with E-state index in [1.807, 2.05) is 18.3 Å². The molecule has 0 aromatic heterocycles. The highest BCUT2D eigenvalue weighted by molar-refractivity contribution is 4.98. The molecule has 2 aliphatic heterocycles. The van der Waals surface area contributed by atoms with E-state index in [2.05, 4.69) is 30.1 Å². The molecule has 1 saturated heterocycles. The number of hydrogen-bond donors (Lipinski definition) is 3. The van der Waals surface area contributed by atoms with Crippen molar-refractivity contribution in [3.8, 4) is 0 Å². The summed E-state index contributed by atoms with van der Waals surface area (Å²) >= 11 is 0. The number of ether oxygens (including phenoxy) is 2. The fourth-order valence-electron chi connectivity index (χ4n) is 1.57. The van der Waals surface area contributed by atoms with Crippen LogP contribution in [0.1, 0.15) is 13.8 Å². The number of nitrogens with zero attached hydrogens (tertiary/aromatic N) is 1. The normalized spacial score (nSPS) is 25.2. The van der Waals surface area contributed by atoms with Crippen LogP contribution in [0.25, 0.3) is 0 Å². The predicted molar refractivity (Wildman–Crippen MR) is 59.6 cm³/mol. The summed E-state index contributed by atoms with van der Waals surface area (Å²) in [5.41, 5.74) is 6.10. The third-order valence-electron chi connectivity index (χ3n) is 2.55. The molecular weight excluding hydrogens is 208 g/mol. The molecule has 0 atom stereocenters. The lowest BCUT2D eigenvalue weighted by Crippen LogP contribution is -2.46. The number of hydrogen-bond acceptors (Lipinski definition) is 6. The molecule has 0 spiro atoms. The Kier molecular flexibility index (Phi) is 3.22. The second kappa shape index (κ2) is 4.48. The zero-order chi connectivity index (χ0) is 11.6. The average molecular weight is 228 g/mol. The Morgan fingerprint density at radius 3 is 2.75 bits per heavy atom. The zero-order valence-corrected chi connectivity index (χ0v) is 10.0. The van der Waals surface area contributed by atoms with Gasteiger partial charge in [0.1, 0.15) is 5.82 Å². The van der Waals surface area contributed by atoms with Gasteiger partial charge in [-0.3, -0.25) is 10.4 Å². The van der Waals surface area contributed by atoms with E-state index in [-0.39, 0.29) is 11.7 Å². The summed E-state index contributed by atoms with van der Waals surface area (Å²) < 4.78 is 11.3. The SMILES string of the molecule is CNC1=CN(CC2OCC(C)(C)CO2)NN1. The van der Waals surface area contributed by atoms with Crippen LogP contribution in [0.2, 0.25) is 0 Å². The van der Waals surface area contributed by atoms with Crippen molar-refractivity contribution in [3.63, 3.8) is 0 Å². The van der Waals surface area contributed by atoms with Gasteiger partial charge in [0.2, 0.25) is 0 Å². The van der Waals surface area contributed by atoms with Crippen LogP contribution in [0.4, 0.5) is 0 Å². The number of rotatable bonds is 3. The molecule has 3 N–H and O–H groups in total. The first kappa shape index (κ1) is 11.5. The van der Waals surface area contributed by atoms with Crippen LogP contribution in [0.15, 0.2) is 12.0 Å². The first-order valence-corrected chi connectivity index (χ1v) is 5.50. The van der Waals surface area contributed by atoms with Gasteiger partial charge in [-0.15, -0.1) is 5.53 Å². The Labute approximate surface area is 95.9 Å². The molecule has 0 amide bonds. The fourth-order valence-corrected chi connectivity index (χ4v) is 1.57. The molecule has 6 nitrogen and oxygen atoms in total. The lowest BCUT2D eigenvalue weighted by molar-refractivity contribution is -0.227. The summed E-state index contributed by atoms with van der Waals surface area (Å²) in [6, 6.07) is 0. The first-order chi connectivity index (χ1) is 7.59. The molecule has 2 heterocycles. The maximum atomic E-state index is 5.64. The second-order valence-electron chi connectivity index (χ2n) is 4.90. The molecule has 16 heavy (non-hydrogen) atoms. The summed E-state index contributed by atoms with van der Waals surface area (Å²) in [6.45, 7) is 6.41. The van der Waals surface area contributed by atoms with Gasteiger partial charge in [-0.25, -0.2) is 0 Å². The van der Waals surface area contributed by atoms with Gasteiger partial charge >= 0.3 is 0 Å². The van der Waals surface area contributed by atoms with Crippen LogP contribution in [0.5, 0.6) is 0 Å². The van der Waals surface area contributed by atoms with E-state index < -0.39 is 0 Å². The summed E-state index contributed by atoms with van der Waals surface area (Å²) in [4.78, 5) is 0. The summed E-state index contributed by atoms with van der Waals surface area (Å²) in [6.07, 6.45) is 1.77. The van der Waals surface area contributed by atoms with Crippen molar-refractivity contribution >= 4 is 0 Å². The Morgan fingerprint density at radius 2 is 2.19 bits per heavy atom. The summed E-state index contributed by atoms with van der Waals surface area (Å²) in [7, 11) is 1.86. The van der Waals surface area contributed by atoms with Crippen LogP contribution in [0, 0.1) is 5.41 Å². The van der Waals surface area contributed by atoms with E-state index in [1.165, 1.54) is 0 Å². The lowest BCUT2D eigenvalue weighted by Gasteiger charge is -2.35. The molecule has 2 rings (SSSR count). The minimum absolute atomic E-state index is 0.124. The Hall–Kier alpha value is -0.980. The van der Waals surface area contributed by atoms with Crippen molar-refractivity contribution < 1.29 is 9.47 Å². The molecule has 0 unspecified atom stereocenters. The van der Waals surface area contributed by atoms with Crippen molar-refractivity contribution in [3.05, 3.63) is 12.0 Å². The van der Waals surface area contributed by atoms with Gasteiger partial charge in [-0.05, 0) is 0 Å². The Bertz CT molecular complexity index is 270. The second-order valence-corrected chi connectivity index (χ2v) is 4.90. The largest absolute Gasteiger partial charge is 0.373 e. The van der Waals surface area contributed by atoms with Gasteiger partial charge in [0.15, 0.2) is 6.29 Å². The third kappa shape index (κ3) is 2.78. The number of nitrogens with one attached hydrogen (secondary N) is 3. The monoisotopic (exact) mass is 228 g/mol. The van der Waals surface area contributed by atoms with E-state index in [9.17, 15) is 0 Å². The van der Waals surface area contributed by atoms with Gasteiger partial charge in [-0.2, -0.15) is 0 Å². The molecule has 92 valence electrons. The van der Waals surface area contributed by atoms with Crippen LogP contribution in [-0.4, -0.2) is 38.1 Å². The average Bonchev–Trinajstić information content (AvgIpc) is 2.69. The van der Waals surface area contributed by atoms with E-state index in [0.29, 0.717) is 6.54 Å². The van der Waals surface area contributed by atoms with Gasteiger partial charge in [0.05, 0.1) is 26.0 Å². The van der Waals surface area contributed by atoms with Crippen molar-refractivity contribution in [1.29, 1.82) is 0 Å². The van der Waals surface area contributed by atoms with Crippen molar-refractivity contribution in [1.82, 2.24) is 21.3 Å². The van der Waals surface area contributed by atoms with Gasteiger partial charge in [0.25, 0.3) is 0 Å². The molecule has 0 aliphatic carbocycles. The van der Waals surface area contributed by atoms with Gasteiger partial charge < -0.3 is 14.8 Å². The van der Waals surface area contributed by atoms with E-state index in [1.54, 1.807) is 0 Å². The quantitative estimate of drug-likeness (QED) is 0.618. The minimum Gasteiger partial charge on any atom is -0.373 e. The zero-order valence-electron chi connectivity index (χ0n) is 10.0. The van der Waals surface area contributed by atoms with E-state index in [0.717, 1.165) is 19.0 Å². The molecule has 0 saturated carbocycles. The standard InChI is InChI=1S/C10H20N4O2/c1-10(2)6-15-9(16-7-10)5-14-4-8(11-3)12-13-14/h4,9,11-13H,5-7H2,1-3H3. The van der Waals surface area contributed by atoms with Crippen LogP contribution >= 0.6 is 0 Å². The fraction of sp³-hybridized carbons (Fsp3) is 0.800. The van der Waals surface area contributed by atoms with Crippen molar-refractivity contribution in [2.24, 2.45) is 5.41 Å². The van der Waals surface area contributed by atoms with Gasteiger partial charge in [0, 0.05) is 12.5 Å². The van der Waals surface area contributed by atoms with E-state index >= 15 is 0 Å². The first-order valence-electron chi connectivity index (χ1n) is 5.50. The molecule has 1 fully saturated rings. The van der Waals surface area contributed by atoms with Crippen LogP contribution in [-0.2, 0) is 9.47 Å². The maximum absolute atomic E-state index is 5.64. The van der Waals surface area contributed by atoms with Gasteiger partial charge in [-0.1, -0.05) is 13.8 Å². The highest BCUT2D eigenvalue weighted by Gasteiger charge is 2.29. The molecule has 0 radical (unpaired) electrons. The Balaban J connectivity index is 1.77. The van der Waals surface area contributed by atoms with Crippen molar-refractivity contribution in [2.75, 3.05) is 26.8 Å². The highest BCUT2D eigenvalue weighted by Crippen LogP contribution is 2.23. The molecule has 2 aliphatic rings. The topological polar surface area (TPSA) is 57.8 Å². The lowest BCUT2D eigenvalue weighted by atomic mass is 9.96. The maximum Gasteiger partial charge on any atom is 0.176 e. The highest BCUT2D eigenvalue weighted by atomic mass is 16.7. The minimum atomic E-state index is -0.171. The molecular formula is C10H20N4O2. The molecule has 0 aromatic rings. The van der Waals surface area contributed by atoms with Crippen LogP contribution < -0.4 is 16.3 Å². The molecule has 0 aromatic carbocycles.